The molecule has 0 aromatic heterocycles. The van der Waals surface area contributed by atoms with Crippen LogP contribution in [0.15, 0.2) is 0 Å². The van der Waals surface area contributed by atoms with E-state index in [1.165, 1.54) is 20.8 Å². The van der Waals surface area contributed by atoms with Crippen molar-refractivity contribution >= 4 is 17.9 Å². The predicted octanol–water partition coefficient (Wildman–Crippen LogP) is -0.473. The van der Waals surface area contributed by atoms with Gasteiger partial charge in [-0.3, -0.25) is 14.4 Å². The molecule has 0 aromatic carbocycles. The Bertz CT molecular complexity index is 491. The average Bonchev–Trinajstić information content (AvgIpc) is 2.55. The van der Waals surface area contributed by atoms with Crippen molar-refractivity contribution in [2.75, 3.05) is 26.8 Å². The highest BCUT2D eigenvalue weighted by atomic mass is 16.8. The van der Waals surface area contributed by atoms with Gasteiger partial charge in [0.15, 0.2) is 12.2 Å². The van der Waals surface area contributed by atoms with E-state index in [9.17, 15) is 14.4 Å². The summed E-state index contributed by atoms with van der Waals surface area (Å²) in [6, 6.07) is 0. The first kappa shape index (κ1) is 19.6. The van der Waals surface area contributed by atoms with E-state index in [4.69, 9.17) is 33.2 Å². The highest BCUT2D eigenvalue weighted by Gasteiger charge is 2.48. The van der Waals surface area contributed by atoms with E-state index >= 15 is 0 Å². The van der Waals surface area contributed by atoms with Crippen LogP contribution in [0.5, 0.6) is 0 Å². The molecule has 5 unspecified atom stereocenters. The lowest BCUT2D eigenvalue weighted by Gasteiger charge is -2.43. The standard InChI is InChI=1S/C15H22O10/c1-8(16)20-5-12(24-9(2)17)14(25-10(3)18)15-13-11(21-7-23-15)4-19-6-22-13/h11-15H,4-7H2,1-3H3. The molecule has 0 spiro atoms. The molecule has 0 aromatic rings. The van der Waals surface area contributed by atoms with Crippen molar-refractivity contribution in [3.63, 3.8) is 0 Å². The molecule has 0 saturated carbocycles. The third-order valence-electron chi connectivity index (χ3n) is 3.62. The third-order valence-corrected chi connectivity index (χ3v) is 3.62. The zero-order valence-electron chi connectivity index (χ0n) is 14.3. The summed E-state index contributed by atoms with van der Waals surface area (Å²) < 4.78 is 37.2. The largest absolute Gasteiger partial charge is 0.462 e. The molecular formula is C15H22O10. The molecule has 0 N–H and O–H groups in total. The van der Waals surface area contributed by atoms with Crippen LogP contribution < -0.4 is 0 Å². The average molecular weight is 362 g/mol. The Morgan fingerprint density at radius 1 is 0.960 bits per heavy atom. The lowest BCUT2D eigenvalue weighted by Crippen LogP contribution is -2.60. The summed E-state index contributed by atoms with van der Waals surface area (Å²) in [5, 5.41) is 0. The topological polar surface area (TPSA) is 116 Å². The van der Waals surface area contributed by atoms with Gasteiger partial charge in [0, 0.05) is 20.8 Å². The molecular weight excluding hydrogens is 340 g/mol. The Labute approximate surface area is 144 Å². The number of fused-ring (bicyclic) bond motifs is 1. The molecule has 0 bridgehead atoms. The van der Waals surface area contributed by atoms with Crippen molar-refractivity contribution in [1.82, 2.24) is 0 Å². The number of rotatable bonds is 6. The highest BCUT2D eigenvalue weighted by Crippen LogP contribution is 2.27. The smallest absolute Gasteiger partial charge is 0.303 e. The van der Waals surface area contributed by atoms with Crippen LogP contribution in [0.2, 0.25) is 0 Å². The maximum atomic E-state index is 11.6. The molecule has 2 rings (SSSR count). The van der Waals surface area contributed by atoms with Crippen molar-refractivity contribution in [3.05, 3.63) is 0 Å². The maximum absolute atomic E-state index is 11.6. The first-order chi connectivity index (χ1) is 11.9. The van der Waals surface area contributed by atoms with E-state index in [-0.39, 0.29) is 20.2 Å². The summed E-state index contributed by atoms with van der Waals surface area (Å²) in [6.07, 6.45) is -3.90. The van der Waals surface area contributed by atoms with E-state index in [1.54, 1.807) is 0 Å². The summed E-state index contributed by atoms with van der Waals surface area (Å²) in [4.78, 5) is 34.1. The van der Waals surface area contributed by atoms with Gasteiger partial charge in [0.05, 0.1) is 6.61 Å². The normalized spacial score (nSPS) is 28.2. The number of esters is 3. The van der Waals surface area contributed by atoms with Crippen molar-refractivity contribution in [2.24, 2.45) is 0 Å². The summed E-state index contributed by atoms with van der Waals surface area (Å²) in [5.41, 5.74) is 0. The van der Waals surface area contributed by atoms with Crippen molar-refractivity contribution in [1.29, 1.82) is 0 Å². The summed E-state index contributed by atoms with van der Waals surface area (Å²) in [7, 11) is 0. The Kier molecular flexibility index (Phi) is 7.12. The van der Waals surface area contributed by atoms with E-state index in [2.05, 4.69) is 0 Å². The lowest BCUT2D eigenvalue weighted by atomic mass is 9.97. The Hall–Kier alpha value is -1.75. The van der Waals surface area contributed by atoms with Crippen LogP contribution in [0.3, 0.4) is 0 Å². The summed E-state index contributed by atoms with van der Waals surface area (Å²) in [5.74, 6) is -1.79. The van der Waals surface area contributed by atoms with Crippen LogP contribution >= 0.6 is 0 Å². The van der Waals surface area contributed by atoms with Gasteiger partial charge in [0.1, 0.15) is 38.5 Å². The van der Waals surface area contributed by atoms with Crippen LogP contribution in [-0.2, 0) is 47.5 Å². The van der Waals surface area contributed by atoms with Crippen LogP contribution in [-0.4, -0.2) is 75.2 Å². The molecule has 0 radical (unpaired) electrons. The Balaban J connectivity index is 2.21. The fourth-order valence-electron chi connectivity index (χ4n) is 2.68. The van der Waals surface area contributed by atoms with Gasteiger partial charge in [-0.1, -0.05) is 0 Å². The Morgan fingerprint density at radius 3 is 2.32 bits per heavy atom. The Morgan fingerprint density at radius 2 is 1.68 bits per heavy atom. The van der Waals surface area contributed by atoms with Crippen molar-refractivity contribution in [3.8, 4) is 0 Å². The van der Waals surface area contributed by atoms with Crippen molar-refractivity contribution in [2.45, 2.75) is 51.3 Å². The molecule has 2 aliphatic rings. The highest BCUT2D eigenvalue weighted by molar-refractivity contribution is 5.68. The number of hydrogen-bond acceptors (Lipinski definition) is 10. The molecule has 10 nitrogen and oxygen atoms in total. The second-order valence-corrected chi connectivity index (χ2v) is 5.60. The second-order valence-electron chi connectivity index (χ2n) is 5.60. The number of carbonyl (C=O) groups is 3. The summed E-state index contributed by atoms with van der Waals surface area (Å²) in [6.45, 7) is 3.58. The first-order valence-corrected chi connectivity index (χ1v) is 7.79. The molecule has 2 fully saturated rings. The molecule has 142 valence electrons. The predicted molar refractivity (Wildman–Crippen MR) is 78.0 cm³/mol. The van der Waals surface area contributed by atoms with E-state index in [0.717, 1.165) is 0 Å². The third kappa shape index (κ3) is 5.63. The molecule has 2 saturated heterocycles. The van der Waals surface area contributed by atoms with Crippen molar-refractivity contribution < 1.29 is 47.5 Å². The minimum atomic E-state index is -1.06. The van der Waals surface area contributed by atoms with Gasteiger partial charge in [-0.05, 0) is 0 Å². The fraction of sp³-hybridized carbons (Fsp3) is 0.800. The van der Waals surface area contributed by atoms with Crippen LogP contribution in [0.4, 0.5) is 0 Å². The molecule has 5 atom stereocenters. The van der Waals surface area contributed by atoms with Gasteiger partial charge < -0.3 is 33.2 Å². The molecule has 10 heteroatoms. The fourth-order valence-corrected chi connectivity index (χ4v) is 2.68. The lowest BCUT2D eigenvalue weighted by molar-refractivity contribution is -0.319. The van der Waals surface area contributed by atoms with Gasteiger partial charge in [0.2, 0.25) is 0 Å². The zero-order valence-corrected chi connectivity index (χ0v) is 14.3. The summed E-state index contributed by atoms with van der Waals surface area (Å²) >= 11 is 0. The van der Waals surface area contributed by atoms with E-state index in [0.29, 0.717) is 6.61 Å². The van der Waals surface area contributed by atoms with Gasteiger partial charge in [-0.15, -0.1) is 0 Å². The quantitative estimate of drug-likeness (QED) is 0.453. The van der Waals surface area contributed by atoms with Gasteiger partial charge >= 0.3 is 17.9 Å². The monoisotopic (exact) mass is 362 g/mol. The van der Waals surface area contributed by atoms with E-state index < -0.39 is 48.4 Å². The molecule has 2 aliphatic heterocycles. The molecule has 0 aliphatic carbocycles. The van der Waals surface area contributed by atoms with Crippen LogP contribution in [0.1, 0.15) is 20.8 Å². The first-order valence-electron chi connectivity index (χ1n) is 7.79. The van der Waals surface area contributed by atoms with Gasteiger partial charge in [-0.25, -0.2) is 0 Å². The number of hydrogen-bond donors (Lipinski definition) is 0. The maximum Gasteiger partial charge on any atom is 0.303 e. The molecule has 2 heterocycles. The minimum absolute atomic E-state index is 0.0271. The SMILES string of the molecule is CC(=O)OCC(OC(C)=O)C(OC(C)=O)C1OCOC2COCOC21. The van der Waals surface area contributed by atoms with Crippen LogP contribution in [0, 0.1) is 0 Å². The zero-order chi connectivity index (χ0) is 18.4. The molecule has 0 amide bonds. The second kappa shape index (κ2) is 9.09. The number of carbonyl (C=O) groups excluding carboxylic acids is 3. The minimum Gasteiger partial charge on any atom is -0.462 e. The van der Waals surface area contributed by atoms with Crippen LogP contribution in [0.25, 0.3) is 0 Å². The molecule has 25 heavy (non-hydrogen) atoms. The van der Waals surface area contributed by atoms with Gasteiger partial charge in [-0.2, -0.15) is 0 Å². The van der Waals surface area contributed by atoms with Gasteiger partial charge in [0.25, 0.3) is 0 Å². The number of ether oxygens (including phenoxy) is 7. The van der Waals surface area contributed by atoms with E-state index in [1.807, 2.05) is 0 Å².